The van der Waals surface area contributed by atoms with Crippen molar-refractivity contribution < 1.29 is 18.7 Å². The minimum absolute atomic E-state index is 0.0346. The van der Waals surface area contributed by atoms with Crippen LogP contribution in [0.2, 0.25) is 0 Å². The van der Waals surface area contributed by atoms with Gasteiger partial charge in [-0.1, -0.05) is 12.1 Å². The summed E-state index contributed by atoms with van der Waals surface area (Å²) >= 11 is 0. The number of aromatic carboxylic acids is 1. The fraction of sp³-hybridized carbons (Fsp3) is 0.231. The third-order valence-corrected chi connectivity index (χ3v) is 2.92. The Morgan fingerprint density at radius 3 is 2.72 bits per heavy atom. The minimum Gasteiger partial charge on any atom is -0.475 e. The molecule has 2 aromatic rings. The lowest BCUT2D eigenvalue weighted by molar-refractivity contribution is 0.0661. The van der Waals surface area contributed by atoms with Gasteiger partial charge in [-0.3, -0.25) is 0 Å². The van der Waals surface area contributed by atoms with Crippen LogP contribution >= 0.6 is 0 Å². The Hall–Kier alpha value is -2.17. The lowest BCUT2D eigenvalue weighted by Gasteiger charge is -1.95. The summed E-state index contributed by atoms with van der Waals surface area (Å²) in [4.78, 5) is 15.2. The van der Waals surface area contributed by atoms with Crippen molar-refractivity contribution in [2.45, 2.75) is 18.8 Å². The van der Waals surface area contributed by atoms with Gasteiger partial charge in [-0.15, -0.1) is 0 Å². The number of carbonyl (C=O) groups is 1. The zero-order valence-electron chi connectivity index (χ0n) is 9.39. The Balaban J connectivity index is 2.11. The maximum atomic E-state index is 13.6. The number of aromatic nitrogens is 1. The van der Waals surface area contributed by atoms with E-state index in [-0.39, 0.29) is 23.1 Å². The molecule has 1 aromatic carbocycles. The molecular formula is C13H10FNO3. The number of hydrogen-bond acceptors (Lipinski definition) is 3. The van der Waals surface area contributed by atoms with E-state index in [1.807, 2.05) is 0 Å². The lowest BCUT2D eigenvalue weighted by atomic mass is 10.2. The molecule has 3 rings (SSSR count). The van der Waals surface area contributed by atoms with Crippen LogP contribution in [0.4, 0.5) is 4.39 Å². The molecule has 0 bridgehead atoms. The highest BCUT2D eigenvalue weighted by Gasteiger charge is 2.34. The van der Waals surface area contributed by atoms with Gasteiger partial charge >= 0.3 is 5.97 Å². The first-order valence-electron chi connectivity index (χ1n) is 5.65. The van der Waals surface area contributed by atoms with E-state index in [0.717, 1.165) is 12.8 Å². The summed E-state index contributed by atoms with van der Waals surface area (Å²) in [5, 5.41) is 9.04. The topological polar surface area (TPSA) is 63.3 Å². The van der Waals surface area contributed by atoms with Crippen molar-refractivity contribution in [3.63, 3.8) is 0 Å². The summed E-state index contributed by atoms with van der Waals surface area (Å²) in [5.74, 6) is -1.63. The summed E-state index contributed by atoms with van der Waals surface area (Å²) < 4.78 is 18.8. The number of carboxylic acid groups (broad SMARTS) is 1. The minimum atomic E-state index is -1.16. The van der Waals surface area contributed by atoms with Crippen LogP contribution in [0.5, 0.6) is 0 Å². The van der Waals surface area contributed by atoms with E-state index in [9.17, 15) is 9.18 Å². The number of nitrogens with zero attached hydrogens (tertiary/aromatic N) is 1. The molecule has 1 aliphatic rings. The molecule has 1 heterocycles. The van der Waals surface area contributed by atoms with Gasteiger partial charge in [0, 0.05) is 5.92 Å². The van der Waals surface area contributed by atoms with E-state index in [2.05, 4.69) is 4.98 Å². The van der Waals surface area contributed by atoms with Gasteiger partial charge in [0.05, 0.1) is 11.3 Å². The third kappa shape index (κ3) is 1.77. The maximum Gasteiger partial charge on any atom is 0.373 e. The zero-order chi connectivity index (χ0) is 12.7. The zero-order valence-corrected chi connectivity index (χ0v) is 9.39. The molecule has 1 fully saturated rings. The van der Waals surface area contributed by atoms with Gasteiger partial charge in [0.15, 0.2) is 0 Å². The molecule has 1 aromatic heterocycles. The molecule has 0 amide bonds. The van der Waals surface area contributed by atoms with Crippen molar-refractivity contribution in [1.82, 2.24) is 4.98 Å². The third-order valence-electron chi connectivity index (χ3n) is 2.92. The normalized spacial score (nSPS) is 14.7. The highest BCUT2D eigenvalue weighted by Crippen LogP contribution is 2.42. The molecule has 1 aliphatic carbocycles. The molecule has 0 spiro atoms. The molecule has 18 heavy (non-hydrogen) atoms. The maximum absolute atomic E-state index is 13.6. The molecule has 0 radical (unpaired) electrons. The average Bonchev–Trinajstić information content (AvgIpc) is 3.09. The molecule has 0 atom stereocenters. The van der Waals surface area contributed by atoms with E-state index in [1.165, 1.54) is 12.1 Å². The van der Waals surface area contributed by atoms with Gasteiger partial charge in [-0.2, -0.15) is 0 Å². The van der Waals surface area contributed by atoms with Crippen molar-refractivity contribution in [1.29, 1.82) is 0 Å². The van der Waals surface area contributed by atoms with Gasteiger partial charge in [0.1, 0.15) is 5.82 Å². The van der Waals surface area contributed by atoms with E-state index in [1.54, 1.807) is 12.1 Å². The first-order valence-corrected chi connectivity index (χ1v) is 5.65. The first kappa shape index (κ1) is 11.0. The second kappa shape index (κ2) is 3.94. The number of oxazole rings is 1. The molecule has 1 saturated carbocycles. The van der Waals surface area contributed by atoms with Crippen molar-refractivity contribution in [2.24, 2.45) is 0 Å². The first-order chi connectivity index (χ1) is 8.66. The van der Waals surface area contributed by atoms with Crippen LogP contribution in [-0.4, -0.2) is 16.1 Å². The Labute approximate surface area is 102 Å². The Morgan fingerprint density at radius 2 is 2.11 bits per heavy atom. The molecule has 0 aliphatic heterocycles. The number of hydrogen-bond donors (Lipinski definition) is 1. The SMILES string of the molecule is O=C(O)c1oc(-c2ccccc2F)nc1C1CC1. The predicted octanol–water partition coefficient (Wildman–Crippen LogP) is 3.06. The summed E-state index contributed by atoms with van der Waals surface area (Å²) in [6.07, 6.45) is 1.81. The Bertz CT molecular complexity index is 616. The monoisotopic (exact) mass is 247 g/mol. The van der Waals surface area contributed by atoms with Crippen LogP contribution in [0.15, 0.2) is 28.7 Å². The number of carboxylic acids is 1. The van der Waals surface area contributed by atoms with Crippen molar-refractivity contribution in [3.8, 4) is 11.5 Å². The quantitative estimate of drug-likeness (QED) is 0.905. The number of rotatable bonds is 3. The van der Waals surface area contributed by atoms with Gasteiger partial charge in [0.25, 0.3) is 0 Å². The van der Waals surface area contributed by atoms with Crippen molar-refractivity contribution in [2.75, 3.05) is 0 Å². The summed E-state index contributed by atoms with van der Waals surface area (Å²) in [7, 11) is 0. The number of halogens is 1. The molecule has 1 N–H and O–H groups in total. The molecular weight excluding hydrogens is 237 g/mol. The average molecular weight is 247 g/mol. The van der Waals surface area contributed by atoms with Crippen LogP contribution in [0, 0.1) is 5.82 Å². The molecule has 5 heteroatoms. The fourth-order valence-electron chi connectivity index (χ4n) is 1.87. The summed E-state index contributed by atoms with van der Waals surface area (Å²) in [5.41, 5.74) is 0.618. The van der Waals surface area contributed by atoms with E-state index in [0.29, 0.717) is 5.69 Å². The van der Waals surface area contributed by atoms with Crippen LogP contribution in [-0.2, 0) is 0 Å². The lowest BCUT2D eigenvalue weighted by Crippen LogP contribution is -1.98. The molecule has 92 valence electrons. The van der Waals surface area contributed by atoms with Crippen LogP contribution in [0.25, 0.3) is 11.5 Å². The summed E-state index contributed by atoms with van der Waals surface area (Å²) in [6, 6.07) is 6.02. The van der Waals surface area contributed by atoms with Crippen LogP contribution in [0.1, 0.15) is 35.0 Å². The van der Waals surface area contributed by atoms with E-state index in [4.69, 9.17) is 9.52 Å². The highest BCUT2D eigenvalue weighted by molar-refractivity contribution is 5.86. The Morgan fingerprint density at radius 1 is 1.39 bits per heavy atom. The largest absolute Gasteiger partial charge is 0.475 e. The summed E-state index contributed by atoms with van der Waals surface area (Å²) in [6.45, 7) is 0. The van der Waals surface area contributed by atoms with Crippen molar-refractivity contribution >= 4 is 5.97 Å². The van der Waals surface area contributed by atoms with Gasteiger partial charge < -0.3 is 9.52 Å². The smallest absolute Gasteiger partial charge is 0.373 e. The molecule has 0 saturated heterocycles. The predicted molar refractivity (Wildman–Crippen MR) is 60.8 cm³/mol. The second-order valence-corrected chi connectivity index (χ2v) is 4.29. The standard InChI is InChI=1S/C13H10FNO3/c14-9-4-2-1-3-8(9)12-15-10(7-5-6-7)11(18-12)13(16)17/h1-4,7H,5-6H2,(H,16,17). The molecule has 4 nitrogen and oxygen atoms in total. The van der Waals surface area contributed by atoms with Gasteiger partial charge in [-0.25, -0.2) is 14.2 Å². The highest BCUT2D eigenvalue weighted by atomic mass is 19.1. The number of benzene rings is 1. The Kier molecular flexibility index (Phi) is 2.40. The van der Waals surface area contributed by atoms with Gasteiger partial charge in [0.2, 0.25) is 11.7 Å². The van der Waals surface area contributed by atoms with Crippen molar-refractivity contribution in [3.05, 3.63) is 41.5 Å². The van der Waals surface area contributed by atoms with Crippen LogP contribution < -0.4 is 0 Å². The second-order valence-electron chi connectivity index (χ2n) is 4.29. The van der Waals surface area contributed by atoms with Crippen LogP contribution in [0.3, 0.4) is 0 Å². The molecule has 0 unspecified atom stereocenters. The fourth-order valence-corrected chi connectivity index (χ4v) is 1.87. The van der Waals surface area contributed by atoms with E-state index < -0.39 is 11.8 Å². The van der Waals surface area contributed by atoms with E-state index >= 15 is 0 Å². The van der Waals surface area contributed by atoms with Gasteiger partial charge in [-0.05, 0) is 25.0 Å².